The monoisotopic (exact) mass is 313 g/mol. The first-order valence-electron chi connectivity index (χ1n) is 7.50. The molecule has 120 valence electrons. The Bertz CT molecular complexity index is 688. The molecule has 6 nitrogen and oxygen atoms in total. The van der Waals surface area contributed by atoms with Crippen LogP contribution in [0.2, 0.25) is 0 Å². The number of nitrogens with zero attached hydrogens (tertiary/aromatic N) is 2. The molecule has 1 unspecified atom stereocenters. The van der Waals surface area contributed by atoms with E-state index in [0.29, 0.717) is 6.61 Å². The number of fused-ring (bicyclic) bond motifs is 1. The normalized spacial score (nSPS) is 15.7. The van der Waals surface area contributed by atoms with E-state index in [0.717, 1.165) is 22.8 Å². The van der Waals surface area contributed by atoms with Gasteiger partial charge in [0.2, 0.25) is 0 Å². The summed E-state index contributed by atoms with van der Waals surface area (Å²) in [4.78, 5) is 18.3. The van der Waals surface area contributed by atoms with Crippen molar-refractivity contribution in [2.75, 3.05) is 30.5 Å². The summed E-state index contributed by atoms with van der Waals surface area (Å²) in [6.07, 6.45) is 1.56. The van der Waals surface area contributed by atoms with E-state index in [1.807, 2.05) is 41.3 Å². The van der Waals surface area contributed by atoms with Crippen LogP contribution in [-0.4, -0.2) is 31.2 Å². The molecule has 1 aliphatic heterocycles. The van der Waals surface area contributed by atoms with Crippen LogP contribution in [-0.2, 0) is 9.53 Å². The number of esters is 1. The van der Waals surface area contributed by atoms with Gasteiger partial charge in [-0.05, 0) is 36.8 Å². The van der Waals surface area contributed by atoms with Gasteiger partial charge in [-0.1, -0.05) is 12.1 Å². The zero-order valence-electron chi connectivity index (χ0n) is 13.2. The second-order valence-corrected chi connectivity index (χ2v) is 5.12. The molecule has 0 amide bonds. The minimum atomic E-state index is -0.260. The third kappa shape index (κ3) is 3.06. The molecule has 1 atom stereocenters. The Hall–Kier alpha value is -2.76. The summed E-state index contributed by atoms with van der Waals surface area (Å²) in [5.41, 5.74) is 1.91. The highest BCUT2D eigenvalue weighted by Gasteiger charge is 2.32. The number of pyridine rings is 1. The van der Waals surface area contributed by atoms with Gasteiger partial charge in [0, 0.05) is 6.20 Å². The summed E-state index contributed by atoms with van der Waals surface area (Å²) >= 11 is 0. The smallest absolute Gasteiger partial charge is 0.325 e. The lowest BCUT2D eigenvalue weighted by Crippen LogP contribution is -2.34. The third-order valence-corrected chi connectivity index (χ3v) is 3.72. The Balaban J connectivity index is 1.90. The molecule has 0 fully saturated rings. The van der Waals surface area contributed by atoms with E-state index in [2.05, 4.69) is 10.3 Å². The van der Waals surface area contributed by atoms with Gasteiger partial charge in [0.15, 0.2) is 5.82 Å². The summed E-state index contributed by atoms with van der Waals surface area (Å²) in [5, 5.41) is 3.35. The van der Waals surface area contributed by atoms with Crippen molar-refractivity contribution in [3.05, 3.63) is 48.2 Å². The molecule has 0 saturated heterocycles. The van der Waals surface area contributed by atoms with Gasteiger partial charge in [-0.15, -0.1) is 0 Å². The average Bonchev–Trinajstić information content (AvgIpc) is 2.94. The molecule has 3 rings (SSSR count). The maximum absolute atomic E-state index is 12.0. The third-order valence-electron chi connectivity index (χ3n) is 3.72. The Labute approximate surface area is 135 Å². The number of nitrogens with one attached hydrogen (secondary N) is 1. The molecule has 2 aromatic rings. The predicted octanol–water partition coefficient (Wildman–Crippen LogP) is 2.58. The number of anilines is 2. The van der Waals surface area contributed by atoms with E-state index < -0.39 is 0 Å². The second kappa shape index (κ2) is 6.56. The van der Waals surface area contributed by atoms with Crippen LogP contribution < -0.4 is 15.0 Å². The lowest BCUT2D eigenvalue weighted by atomic mass is 10.1. The Morgan fingerprint density at radius 3 is 2.78 bits per heavy atom. The van der Waals surface area contributed by atoms with Crippen molar-refractivity contribution in [2.24, 2.45) is 0 Å². The maximum Gasteiger partial charge on any atom is 0.325 e. The summed E-state index contributed by atoms with van der Waals surface area (Å²) in [7, 11) is 1.63. The van der Waals surface area contributed by atoms with Crippen molar-refractivity contribution in [3.8, 4) is 5.75 Å². The standard InChI is InChI=1S/C17H19N3O3/c1-3-23-15(21)11-20-14-5-4-10-18-16(14)19-17(20)12-6-8-13(22-2)9-7-12/h4-10,17H,3,11H2,1-2H3,(H,18,19). The van der Waals surface area contributed by atoms with Gasteiger partial charge in [0.1, 0.15) is 18.5 Å². The van der Waals surface area contributed by atoms with E-state index in [-0.39, 0.29) is 18.7 Å². The first kappa shape index (κ1) is 15.1. The largest absolute Gasteiger partial charge is 0.497 e. The van der Waals surface area contributed by atoms with Crippen molar-refractivity contribution in [1.29, 1.82) is 0 Å². The first-order chi connectivity index (χ1) is 11.2. The highest BCUT2D eigenvalue weighted by Crippen LogP contribution is 2.39. The first-order valence-corrected chi connectivity index (χ1v) is 7.50. The molecule has 0 bridgehead atoms. The van der Waals surface area contributed by atoms with E-state index >= 15 is 0 Å². The van der Waals surface area contributed by atoms with Gasteiger partial charge in [-0.25, -0.2) is 4.98 Å². The van der Waals surface area contributed by atoms with Crippen LogP contribution in [0.15, 0.2) is 42.6 Å². The lowest BCUT2D eigenvalue weighted by Gasteiger charge is -2.26. The highest BCUT2D eigenvalue weighted by molar-refractivity contribution is 5.81. The number of carbonyl (C=O) groups excluding carboxylic acids is 1. The molecule has 0 aliphatic carbocycles. The van der Waals surface area contributed by atoms with Gasteiger partial charge in [0.05, 0.1) is 19.4 Å². The molecule has 2 heterocycles. The molecule has 0 spiro atoms. The number of aromatic nitrogens is 1. The number of rotatable bonds is 5. The van der Waals surface area contributed by atoms with Crippen LogP contribution in [0.4, 0.5) is 11.5 Å². The summed E-state index contributed by atoms with van der Waals surface area (Å²) in [6, 6.07) is 11.5. The van der Waals surface area contributed by atoms with Crippen LogP contribution >= 0.6 is 0 Å². The minimum absolute atomic E-state index is 0.163. The topological polar surface area (TPSA) is 63.7 Å². The quantitative estimate of drug-likeness (QED) is 0.856. The Morgan fingerprint density at radius 2 is 2.09 bits per heavy atom. The molecule has 1 aromatic heterocycles. The SMILES string of the molecule is CCOC(=O)CN1c2cccnc2NC1c1ccc(OC)cc1. The summed E-state index contributed by atoms with van der Waals surface area (Å²) < 4.78 is 10.3. The van der Waals surface area contributed by atoms with Gasteiger partial charge in [0.25, 0.3) is 0 Å². The second-order valence-electron chi connectivity index (χ2n) is 5.12. The molecule has 1 N–H and O–H groups in total. The number of methoxy groups -OCH3 is 1. The van der Waals surface area contributed by atoms with Crippen LogP contribution in [0.3, 0.4) is 0 Å². The van der Waals surface area contributed by atoms with E-state index in [9.17, 15) is 4.79 Å². The highest BCUT2D eigenvalue weighted by atomic mass is 16.5. The van der Waals surface area contributed by atoms with Crippen molar-refractivity contribution in [1.82, 2.24) is 4.98 Å². The minimum Gasteiger partial charge on any atom is -0.497 e. The van der Waals surface area contributed by atoms with Crippen LogP contribution in [0.1, 0.15) is 18.7 Å². The van der Waals surface area contributed by atoms with Crippen molar-refractivity contribution >= 4 is 17.5 Å². The molecular weight excluding hydrogens is 294 g/mol. The molecule has 23 heavy (non-hydrogen) atoms. The van der Waals surface area contributed by atoms with Crippen LogP contribution in [0.5, 0.6) is 5.75 Å². The van der Waals surface area contributed by atoms with Gasteiger partial charge in [-0.2, -0.15) is 0 Å². The Kier molecular flexibility index (Phi) is 4.32. The predicted molar refractivity (Wildman–Crippen MR) is 87.6 cm³/mol. The number of carbonyl (C=O) groups is 1. The number of hydrogen-bond acceptors (Lipinski definition) is 6. The molecule has 1 aromatic carbocycles. The summed E-state index contributed by atoms with van der Waals surface area (Å²) in [6.45, 7) is 2.33. The molecular formula is C17H19N3O3. The molecule has 0 radical (unpaired) electrons. The number of benzene rings is 1. The fourth-order valence-corrected chi connectivity index (χ4v) is 2.66. The zero-order chi connectivity index (χ0) is 16.2. The average molecular weight is 313 g/mol. The zero-order valence-corrected chi connectivity index (χ0v) is 13.2. The molecule has 6 heteroatoms. The number of hydrogen-bond donors (Lipinski definition) is 1. The van der Waals surface area contributed by atoms with Crippen LogP contribution in [0.25, 0.3) is 0 Å². The fourth-order valence-electron chi connectivity index (χ4n) is 2.66. The molecule has 0 saturated carbocycles. The summed E-state index contributed by atoms with van der Waals surface area (Å²) in [5.74, 6) is 1.29. The van der Waals surface area contributed by atoms with Crippen molar-refractivity contribution < 1.29 is 14.3 Å². The van der Waals surface area contributed by atoms with Gasteiger partial charge >= 0.3 is 5.97 Å². The van der Waals surface area contributed by atoms with E-state index in [1.54, 1.807) is 20.2 Å². The van der Waals surface area contributed by atoms with E-state index in [1.165, 1.54) is 0 Å². The fraction of sp³-hybridized carbons (Fsp3) is 0.294. The number of ether oxygens (including phenoxy) is 2. The maximum atomic E-state index is 12.0. The molecule has 1 aliphatic rings. The van der Waals surface area contributed by atoms with Gasteiger partial charge < -0.3 is 19.7 Å². The van der Waals surface area contributed by atoms with Crippen LogP contribution in [0, 0.1) is 0 Å². The van der Waals surface area contributed by atoms with Gasteiger partial charge in [-0.3, -0.25) is 4.79 Å². The van der Waals surface area contributed by atoms with Crippen molar-refractivity contribution in [3.63, 3.8) is 0 Å². The Morgan fingerprint density at radius 1 is 1.30 bits per heavy atom. The lowest BCUT2D eigenvalue weighted by molar-refractivity contribution is -0.141. The van der Waals surface area contributed by atoms with E-state index in [4.69, 9.17) is 9.47 Å². The van der Waals surface area contributed by atoms with Crippen molar-refractivity contribution in [2.45, 2.75) is 13.1 Å².